The van der Waals surface area contributed by atoms with Crippen molar-refractivity contribution in [3.8, 4) is 5.75 Å². The first-order valence-corrected chi connectivity index (χ1v) is 6.82. The second-order valence-corrected chi connectivity index (χ2v) is 4.63. The molecule has 0 radical (unpaired) electrons. The van der Waals surface area contributed by atoms with E-state index in [-0.39, 0.29) is 11.6 Å². The van der Waals surface area contributed by atoms with Crippen molar-refractivity contribution in [2.45, 2.75) is 6.36 Å². The first kappa shape index (κ1) is 17.3. The van der Waals surface area contributed by atoms with E-state index < -0.39 is 6.36 Å². The van der Waals surface area contributed by atoms with E-state index in [1.54, 1.807) is 18.2 Å². The van der Waals surface area contributed by atoms with Crippen LogP contribution in [0.2, 0.25) is 0 Å². The Balaban J connectivity index is 2.02. The van der Waals surface area contributed by atoms with Crippen LogP contribution in [0.1, 0.15) is 11.1 Å². The minimum absolute atomic E-state index is 0.270. The molecule has 2 rings (SSSR count). The zero-order valence-corrected chi connectivity index (χ0v) is 12.5. The van der Waals surface area contributed by atoms with Gasteiger partial charge in [-0.05, 0) is 29.8 Å². The quantitative estimate of drug-likeness (QED) is 0.655. The number of nitrogens with zero attached hydrogens (tertiary/aromatic N) is 2. The molecule has 0 aromatic heterocycles. The van der Waals surface area contributed by atoms with Crippen LogP contribution in [-0.2, 0) is 0 Å². The molecule has 0 saturated carbocycles. The fraction of sp³-hybridized carbons (Fsp3) is 0.0588. The van der Waals surface area contributed by atoms with Gasteiger partial charge >= 0.3 is 6.36 Å². The molecular formula is C17H14F3N3O. The Hall–Kier alpha value is -3.09. The molecule has 2 aromatic rings. The van der Waals surface area contributed by atoms with Crippen molar-refractivity contribution in [2.75, 3.05) is 0 Å². The summed E-state index contributed by atoms with van der Waals surface area (Å²) in [6.07, 6.45) is -1.77. The van der Waals surface area contributed by atoms with Crippen LogP contribution >= 0.6 is 0 Å². The summed E-state index contributed by atoms with van der Waals surface area (Å²) < 4.78 is 39.9. The van der Waals surface area contributed by atoms with E-state index in [4.69, 9.17) is 5.73 Å². The summed E-state index contributed by atoms with van der Waals surface area (Å²) in [5.41, 5.74) is 7.93. The smallest absolute Gasteiger partial charge is 0.406 e. The van der Waals surface area contributed by atoms with Crippen molar-refractivity contribution in [3.63, 3.8) is 0 Å². The van der Waals surface area contributed by atoms with Gasteiger partial charge in [-0.15, -0.1) is 13.2 Å². The van der Waals surface area contributed by atoms with Gasteiger partial charge in [0, 0.05) is 5.56 Å². The molecule has 0 aliphatic rings. The van der Waals surface area contributed by atoms with Crippen molar-refractivity contribution in [3.05, 3.63) is 66.2 Å². The second kappa shape index (κ2) is 7.45. The fourth-order valence-electron chi connectivity index (χ4n) is 1.76. The molecule has 2 N–H and O–H groups in total. The van der Waals surface area contributed by atoms with Gasteiger partial charge in [0.05, 0.1) is 5.69 Å². The van der Waals surface area contributed by atoms with Crippen LogP contribution < -0.4 is 10.5 Å². The summed E-state index contributed by atoms with van der Waals surface area (Å²) in [6, 6.07) is 12.4. The molecule has 0 fully saturated rings. The van der Waals surface area contributed by atoms with Crippen LogP contribution in [0, 0.1) is 0 Å². The number of ether oxygens (including phenoxy) is 1. The van der Waals surface area contributed by atoms with Crippen LogP contribution in [-0.4, -0.2) is 18.5 Å². The van der Waals surface area contributed by atoms with E-state index in [1.165, 1.54) is 30.6 Å². The lowest BCUT2D eigenvalue weighted by Crippen LogP contribution is -2.16. The molecule has 0 spiro atoms. The van der Waals surface area contributed by atoms with Gasteiger partial charge < -0.3 is 10.5 Å². The summed E-state index contributed by atoms with van der Waals surface area (Å²) >= 11 is 0. The van der Waals surface area contributed by atoms with Crippen molar-refractivity contribution in [2.24, 2.45) is 15.7 Å². The number of hydrogen-bond acceptors (Lipinski definition) is 2. The average Bonchev–Trinajstić information content (AvgIpc) is 2.55. The van der Waals surface area contributed by atoms with Gasteiger partial charge in [0.1, 0.15) is 17.9 Å². The summed E-state index contributed by atoms with van der Waals surface area (Å²) in [5.74, 6) is -0.0434. The van der Waals surface area contributed by atoms with E-state index >= 15 is 0 Å². The Labute approximate surface area is 136 Å². The first-order valence-electron chi connectivity index (χ1n) is 6.82. The number of halogens is 3. The molecule has 0 amide bonds. The molecule has 0 bridgehead atoms. The van der Waals surface area contributed by atoms with E-state index in [1.807, 2.05) is 12.1 Å². The third kappa shape index (κ3) is 5.28. The Bertz CT molecular complexity index is 748. The predicted octanol–water partition coefficient (Wildman–Crippen LogP) is 4.29. The summed E-state index contributed by atoms with van der Waals surface area (Å²) in [6.45, 7) is 3.66. The number of nitrogens with two attached hydrogens (primary N) is 1. The lowest BCUT2D eigenvalue weighted by molar-refractivity contribution is -0.274. The highest BCUT2D eigenvalue weighted by molar-refractivity contribution is 6.01. The maximum absolute atomic E-state index is 12.1. The zero-order valence-electron chi connectivity index (χ0n) is 12.5. The van der Waals surface area contributed by atoms with Crippen molar-refractivity contribution in [1.29, 1.82) is 0 Å². The molecule has 0 atom stereocenters. The fourth-order valence-corrected chi connectivity index (χ4v) is 1.76. The monoisotopic (exact) mass is 333 g/mol. The van der Waals surface area contributed by atoms with Gasteiger partial charge in [-0.25, -0.2) is 9.98 Å². The maximum atomic E-state index is 12.1. The number of hydrogen-bond donors (Lipinski definition) is 1. The SMILES string of the molecule is C=Cc1ccc(C(N)=NC=Nc2ccc(OC(F)(F)F)cc2)cc1. The van der Waals surface area contributed by atoms with Crippen LogP contribution in [0.3, 0.4) is 0 Å². The van der Waals surface area contributed by atoms with E-state index in [2.05, 4.69) is 21.3 Å². The topological polar surface area (TPSA) is 60.0 Å². The Kier molecular flexibility index (Phi) is 5.36. The minimum Gasteiger partial charge on any atom is -0.406 e. The third-order valence-electron chi connectivity index (χ3n) is 2.92. The van der Waals surface area contributed by atoms with Gasteiger partial charge in [0.15, 0.2) is 0 Å². The predicted molar refractivity (Wildman–Crippen MR) is 88.5 cm³/mol. The lowest BCUT2D eigenvalue weighted by atomic mass is 10.1. The standard InChI is InChI=1S/C17H14F3N3O/c1-2-12-3-5-13(6-4-12)16(21)23-11-22-14-7-9-15(10-8-14)24-17(18,19)20/h2-11H,1H2,(H2,21,22,23). The number of amidine groups is 1. The number of rotatable bonds is 5. The molecule has 0 heterocycles. The highest BCUT2D eigenvalue weighted by Crippen LogP contribution is 2.24. The van der Waals surface area contributed by atoms with Crippen molar-refractivity contribution < 1.29 is 17.9 Å². The van der Waals surface area contributed by atoms with Crippen LogP contribution in [0.4, 0.5) is 18.9 Å². The Morgan fingerprint density at radius 1 is 1.04 bits per heavy atom. The molecule has 4 nitrogen and oxygen atoms in total. The van der Waals surface area contributed by atoms with E-state index in [9.17, 15) is 13.2 Å². The zero-order chi connectivity index (χ0) is 17.6. The minimum atomic E-state index is -4.72. The molecule has 7 heteroatoms. The lowest BCUT2D eigenvalue weighted by Gasteiger charge is -2.08. The van der Waals surface area contributed by atoms with Gasteiger partial charge in [-0.3, -0.25) is 0 Å². The molecule has 0 unspecified atom stereocenters. The summed E-state index contributed by atoms with van der Waals surface area (Å²) in [5, 5.41) is 0. The van der Waals surface area contributed by atoms with Gasteiger partial charge in [0.25, 0.3) is 0 Å². The molecule has 0 saturated heterocycles. The van der Waals surface area contributed by atoms with E-state index in [0.29, 0.717) is 5.69 Å². The summed E-state index contributed by atoms with van der Waals surface area (Å²) in [7, 11) is 0. The first-order chi connectivity index (χ1) is 11.4. The number of benzene rings is 2. The van der Waals surface area contributed by atoms with Crippen molar-refractivity contribution >= 4 is 23.9 Å². The number of alkyl halides is 3. The molecule has 0 aliphatic carbocycles. The van der Waals surface area contributed by atoms with Crippen LogP contribution in [0.25, 0.3) is 6.08 Å². The highest BCUT2D eigenvalue weighted by atomic mass is 19.4. The largest absolute Gasteiger partial charge is 0.573 e. The maximum Gasteiger partial charge on any atom is 0.573 e. The Morgan fingerprint density at radius 2 is 1.67 bits per heavy atom. The Morgan fingerprint density at radius 3 is 2.21 bits per heavy atom. The normalized spacial score (nSPS) is 12.4. The highest BCUT2D eigenvalue weighted by Gasteiger charge is 2.30. The van der Waals surface area contributed by atoms with Gasteiger partial charge in [-0.2, -0.15) is 0 Å². The molecule has 2 aromatic carbocycles. The average molecular weight is 333 g/mol. The van der Waals surface area contributed by atoms with Gasteiger partial charge in [-0.1, -0.05) is 36.9 Å². The molecule has 0 aliphatic heterocycles. The second-order valence-electron chi connectivity index (χ2n) is 4.63. The summed E-state index contributed by atoms with van der Waals surface area (Å²) in [4.78, 5) is 7.99. The number of aliphatic imine (C=N–C) groups is 2. The van der Waals surface area contributed by atoms with Crippen molar-refractivity contribution in [1.82, 2.24) is 0 Å². The third-order valence-corrected chi connectivity index (χ3v) is 2.92. The van der Waals surface area contributed by atoms with Crippen LogP contribution in [0.15, 0.2) is 65.1 Å². The molecular weight excluding hydrogens is 319 g/mol. The van der Waals surface area contributed by atoms with Gasteiger partial charge in [0.2, 0.25) is 0 Å². The van der Waals surface area contributed by atoms with Crippen LogP contribution in [0.5, 0.6) is 5.75 Å². The molecule has 124 valence electrons. The van der Waals surface area contributed by atoms with E-state index in [0.717, 1.165) is 11.1 Å². The molecule has 24 heavy (non-hydrogen) atoms.